The van der Waals surface area contributed by atoms with Gasteiger partial charge < -0.3 is 5.32 Å². The fourth-order valence-corrected chi connectivity index (χ4v) is 1.53. The molecule has 0 rings (SSSR count). The summed E-state index contributed by atoms with van der Waals surface area (Å²) in [5.41, 5.74) is 0.335. The molecule has 0 radical (unpaired) electrons. The standard InChI is InChI=1S/C13H28N2/c1-8-9-14-10-11(2)15(7)12(3)13(4,5)6/h8,11-12,14H,1,9-10H2,2-7H3. The van der Waals surface area contributed by atoms with Crippen LogP contribution < -0.4 is 5.32 Å². The molecule has 90 valence electrons. The molecule has 1 N–H and O–H groups in total. The SMILES string of the molecule is C=CCNCC(C)N(C)C(C)C(C)(C)C. The first-order valence-electron chi connectivity index (χ1n) is 5.84. The Balaban J connectivity index is 4.07. The van der Waals surface area contributed by atoms with E-state index < -0.39 is 0 Å². The number of hydrogen-bond donors (Lipinski definition) is 1. The summed E-state index contributed by atoms with van der Waals surface area (Å²) < 4.78 is 0. The summed E-state index contributed by atoms with van der Waals surface area (Å²) in [6, 6.07) is 1.14. The van der Waals surface area contributed by atoms with Crippen LogP contribution in [-0.4, -0.2) is 37.1 Å². The van der Waals surface area contributed by atoms with Gasteiger partial charge in [-0.1, -0.05) is 26.8 Å². The predicted octanol–water partition coefficient (Wildman–Crippen LogP) is 2.52. The largest absolute Gasteiger partial charge is 0.312 e. The van der Waals surface area contributed by atoms with Crippen LogP contribution in [0.5, 0.6) is 0 Å². The lowest BCUT2D eigenvalue weighted by Gasteiger charge is -2.39. The molecule has 0 aromatic heterocycles. The number of likely N-dealkylation sites (N-methyl/N-ethyl adjacent to an activating group) is 1. The van der Waals surface area contributed by atoms with Crippen LogP contribution in [0.1, 0.15) is 34.6 Å². The van der Waals surface area contributed by atoms with E-state index >= 15 is 0 Å². The molecule has 0 bridgehead atoms. The van der Waals surface area contributed by atoms with Gasteiger partial charge in [0.15, 0.2) is 0 Å². The molecule has 2 nitrogen and oxygen atoms in total. The summed E-state index contributed by atoms with van der Waals surface area (Å²) in [5.74, 6) is 0. The maximum absolute atomic E-state index is 3.70. The van der Waals surface area contributed by atoms with Crippen LogP contribution in [-0.2, 0) is 0 Å². The lowest BCUT2D eigenvalue weighted by molar-refractivity contribution is 0.104. The quantitative estimate of drug-likeness (QED) is 0.537. The van der Waals surface area contributed by atoms with Crippen molar-refractivity contribution < 1.29 is 0 Å². The van der Waals surface area contributed by atoms with Crippen LogP contribution in [0.3, 0.4) is 0 Å². The van der Waals surface area contributed by atoms with Gasteiger partial charge in [0.1, 0.15) is 0 Å². The Hall–Kier alpha value is -0.340. The Kier molecular flexibility index (Phi) is 6.15. The smallest absolute Gasteiger partial charge is 0.0192 e. The predicted molar refractivity (Wildman–Crippen MR) is 69.2 cm³/mol. The molecule has 0 saturated heterocycles. The van der Waals surface area contributed by atoms with Crippen molar-refractivity contribution in [2.24, 2.45) is 5.41 Å². The van der Waals surface area contributed by atoms with E-state index in [1.807, 2.05) is 6.08 Å². The zero-order chi connectivity index (χ0) is 12.1. The summed E-state index contributed by atoms with van der Waals surface area (Å²) in [6.07, 6.45) is 1.90. The Morgan fingerprint density at radius 2 is 1.87 bits per heavy atom. The third kappa shape index (κ3) is 5.33. The van der Waals surface area contributed by atoms with Crippen molar-refractivity contribution in [2.75, 3.05) is 20.1 Å². The average molecular weight is 212 g/mol. The molecular formula is C13H28N2. The molecular weight excluding hydrogens is 184 g/mol. The maximum Gasteiger partial charge on any atom is 0.0192 e. The van der Waals surface area contributed by atoms with Crippen LogP contribution in [0, 0.1) is 5.41 Å². The van der Waals surface area contributed by atoms with Gasteiger partial charge in [-0.05, 0) is 26.3 Å². The second kappa shape index (κ2) is 6.29. The van der Waals surface area contributed by atoms with Crippen molar-refractivity contribution >= 4 is 0 Å². The monoisotopic (exact) mass is 212 g/mol. The van der Waals surface area contributed by atoms with E-state index in [2.05, 4.69) is 58.5 Å². The lowest BCUT2D eigenvalue weighted by Crippen LogP contribution is -2.47. The zero-order valence-electron chi connectivity index (χ0n) is 11.3. The van der Waals surface area contributed by atoms with Gasteiger partial charge in [-0.15, -0.1) is 6.58 Å². The summed E-state index contributed by atoms with van der Waals surface area (Å²) in [7, 11) is 2.20. The molecule has 0 aliphatic rings. The second-order valence-electron chi connectivity index (χ2n) is 5.50. The Bertz CT molecular complexity index is 181. The molecule has 0 aromatic carbocycles. The third-order valence-corrected chi connectivity index (χ3v) is 3.29. The molecule has 2 unspecified atom stereocenters. The van der Waals surface area contributed by atoms with E-state index in [4.69, 9.17) is 0 Å². The van der Waals surface area contributed by atoms with Gasteiger partial charge >= 0.3 is 0 Å². The molecule has 0 aliphatic carbocycles. The van der Waals surface area contributed by atoms with E-state index in [0.717, 1.165) is 13.1 Å². The molecule has 0 aromatic rings. The highest BCUT2D eigenvalue weighted by Gasteiger charge is 2.26. The first kappa shape index (κ1) is 14.7. The van der Waals surface area contributed by atoms with Gasteiger partial charge in [-0.2, -0.15) is 0 Å². The second-order valence-corrected chi connectivity index (χ2v) is 5.50. The van der Waals surface area contributed by atoms with E-state index in [-0.39, 0.29) is 0 Å². The van der Waals surface area contributed by atoms with Crippen molar-refractivity contribution in [2.45, 2.75) is 46.7 Å². The molecule has 0 aliphatic heterocycles. The lowest BCUT2D eigenvalue weighted by atomic mass is 9.86. The first-order chi connectivity index (χ1) is 6.80. The van der Waals surface area contributed by atoms with Gasteiger partial charge in [0.25, 0.3) is 0 Å². The van der Waals surface area contributed by atoms with Gasteiger partial charge in [0.2, 0.25) is 0 Å². The molecule has 0 amide bonds. The van der Waals surface area contributed by atoms with Crippen molar-refractivity contribution in [3.63, 3.8) is 0 Å². The number of rotatable bonds is 6. The molecule has 0 fully saturated rings. The minimum atomic E-state index is 0.335. The fourth-order valence-electron chi connectivity index (χ4n) is 1.53. The van der Waals surface area contributed by atoms with Crippen molar-refractivity contribution in [1.29, 1.82) is 0 Å². The van der Waals surface area contributed by atoms with Gasteiger partial charge in [-0.25, -0.2) is 0 Å². The minimum Gasteiger partial charge on any atom is -0.312 e. The van der Waals surface area contributed by atoms with E-state index in [0.29, 0.717) is 17.5 Å². The van der Waals surface area contributed by atoms with Crippen LogP contribution >= 0.6 is 0 Å². The van der Waals surface area contributed by atoms with Crippen molar-refractivity contribution in [3.05, 3.63) is 12.7 Å². The molecule has 2 heteroatoms. The Morgan fingerprint density at radius 3 is 2.27 bits per heavy atom. The number of nitrogens with zero attached hydrogens (tertiary/aromatic N) is 1. The zero-order valence-corrected chi connectivity index (χ0v) is 11.3. The summed E-state index contributed by atoms with van der Waals surface area (Å²) in [5, 5.41) is 3.36. The molecule has 15 heavy (non-hydrogen) atoms. The van der Waals surface area contributed by atoms with E-state index in [1.165, 1.54) is 0 Å². The first-order valence-corrected chi connectivity index (χ1v) is 5.84. The minimum absolute atomic E-state index is 0.335. The fraction of sp³-hybridized carbons (Fsp3) is 0.846. The van der Waals surface area contributed by atoms with Crippen molar-refractivity contribution in [1.82, 2.24) is 10.2 Å². The van der Waals surface area contributed by atoms with E-state index in [9.17, 15) is 0 Å². The maximum atomic E-state index is 3.70. The summed E-state index contributed by atoms with van der Waals surface area (Å²) in [6.45, 7) is 17.0. The van der Waals surface area contributed by atoms with Gasteiger partial charge in [0, 0.05) is 25.2 Å². The summed E-state index contributed by atoms with van der Waals surface area (Å²) in [4.78, 5) is 2.44. The van der Waals surface area contributed by atoms with Gasteiger partial charge in [0.05, 0.1) is 0 Å². The highest BCUT2D eigenvalue weighted by molar-refractivity contribution is 4.82. The summed E-state index contributed by atoms with van der Waals surface area (Å²) >= 11 is 0. The van der Waals surface area contributed by atoms with Gasteiger partial charge in [-0.3, -0.25) is 4.90 Å². The molecule has 0 heterocycles. The van der Waals surface area contributed by atoms with E-state index in [1.54, 1.807) is 0 Å². The third-order valence-electron chi connectivity index (χ3n) is 3.29. The normalized spacial score (nSPS) is 16.5. The van der Waals surface area contributed by atoms with Crippen molar-refractivity contribution in [3.8, 4) is 0 Å². The Labute approximate surface area is 95.7 Å². The molecule has 0 saturated carbocycles. The van der Waals surface area contributed by atoms with Crippen LogP contribution in [0.25, 0.3) is 0 Å². The number of hydrogen-bond acceptors (Lipinski definition) is 2. The van der Waals surface area contributed by atoms with Crippen LogP contribution in [0.4, 0.5) is 0 Å². The molecule has 2 atom stereocenters. The highest BCUT2D eigenvalue weighted by atomic mass is 15.2. The Morgan fingerprint density at radius 1 is 1.33 bits per heavy atom. The topological polar surface area (TPSA) is 15.3 Å². The van der Waals surface area contributed by atoms with Crippen LogP contribution in [0.15, 0.2) is 12.7 Å². The average Bonchev–Trinajstić information content (AvgIpc) is 2.14. The van der Waals surface area contributed by atoms with Crippen LogP contribution in [0.2, 0.25) is 0 Å². The number of nitrogens with one attached hydrogen (secondary N) is 1. The molecule has 0 spiro atoms. The highest BCUT2D eigenvalue weighted by Crippen LogP contribution is 2.24.